The maximum atomic E-state index is 12.1. The van der Waals surface area contributed by atoms with E-state index in [0.29, 0.717) is 12.2 Å². The lowest BCUT2D eigenvalue weighted by Crippen LogP contribution is -2.31. The first-order valence-electron chi connectivity index (χ1n) is 7.66. The summed E-state index contributed by atoms with van der Waals surface area (Å²) < 4.78 is 5.12. The molecule has 1 aromatic heterocycles. The summed E-state index contributed by atoms with van der Waals surface area (Å²) in [7, 11) is 1.71. The normalized spacial score (nSPS) is 15.5. The van der Waals surface area contributed by atoms with E-state index in [1.54, 1.807) is 19.4 Å². The summed E-state index contributed by atoms with van der Waals surface area (Å²) in [5.74, 6) is -0.0965. The zero-order valence-corrected chi connectivity index (χ0v) is 12.9. The molecule has 5 nitrogen and oxygen atoms in total. The molecular weight excluding hydrogens is 266 g/mol. The fourth-order valence-electron chi connectivity index (χ4n) is 2.27. The lowest BCUT2D eigenvalue weighted by molar-refractivity contribution is 0.0933. The number of ether oxygens (including phenoxy) is 1. The van der Waals surface area contributed by atoms with Crippen LogP contribution in [-0.2, 0) is 4.74 Å². The molecule has 1 saturated carbocycles. The quantitative estimate of drug-likeness (QED) is 0.733. The summed E-state index contributed by atoms with van der Waals surface area (Å²) in [5.41, 5.74) is 1.68. The minimum Gasteiger partial charge on any atom is -0.385 e. The molecule has 1 amide bonds. The van der Waals surface area contributed by atoms with Gasteiger partial charge in [-0.05, 0) is 43.2 Å². The molecule has 0 spiro atoms. The average Bonchev–Trinajstić information content (AvgIpc) is 3.29. The molecule has 0 atom stereocenters. The minimum absolute atomic E-state index is 0.0965. The summed E-state index contributed by atoms with van der Waals surface area (Å²) in [6.45, 7) is 4.49. The molecule has 0 aromatic carbocycles. The van der Waals surface area contributed by atoms with Crippen LogP contribution in [0.5, 0.6) is 0 Å². The fraction of sp³-hybridized carbons (Fsp3) is 0.625. The van der Waals surface area contributed by atoms with Crippen LogP contribution < -0.4 is 10.6 Å². The highest BCUT2D eigenvalue weighted by molar-refractivity contribution is 5.92. The van der Waals surface area contributed by atoms with Crippen LogP contribution in [0.2, 0.25) is 0 Å². The summed E-state index contributed by atoms with van der Waals surface area (Å²) in [6.07, 6.45) is 6.12. The van der Waals surface area contributed by atoms with Gasteiger partial charge in [0.25, 0.3) is 5.91 Å². The Balaban J connectivity index is 1.80. The van der Waals surface area contributed by atoms with Crippen molar-refractivity contribution >= 4 is 11.6 Å². The third-order valence-corrected chi connectivity index (χ3v) is 3.99. The highest BCUT2D eigenvalue weighted by Crippen LogP contribution is 2.48. The average molecular weight is 291 g/mol. The van der Waals surface area contributed by atoms with Gasteiger partial charge in [0.05, 0.1) is 11.9 Å². The van der Waals surface area contributed by atoms with Crippen LogP contribution in [-0.4, -0.2) is 37.7 Å². The number of nitrogens with one attached hydrogen (secondary N) is 2. The number of amides is 1. The Hall–Kier alpha value is -1.62. The van der Waals surface area contributed by atoms with Crippen molar-refractivity contribution in [2.24, 2.45) is 5.41 Å². The monoisotopic (exact) mass is 291 g/mol. The molecule has 2 N–H and O–H groups in total. The number of hydrogen-bond acceptors (Lipinski definition) is 4. The highest BCUT2D eigenvalue weighted by Gasteiger charge is 2.42. The first-order valence-corrected chi connectivity index (χ1v) is 7.66. The van der Waals surface area contributed by atoms with Crippen molar-refractivity contribution in [2.75, 3.05) is 32.1 Å². The summed E-state index contributed by atoms with van der Waals surface area (Å²) >= 11 is 0. The van der Waals surface area contributed by atoms with E-state index in [2.05, 4.69) is 22.5 Å². The van der Waals surface area contributed by atoms with E-state index in [1.807, 2.05) is 6.07 Å². The Morgan fingerprint density at radius 1 is 1.43 bits per heavy atom. The molecule has 21 heavy (non-hydrogen) atoms. The van der Waals surface area contributed by atoms with E-state index >= 15 is 0 Å². The lowest BCUT2D eigenvalue weighted by atomic mass is 10.0. The summed E-state index contributed by atoms with van der Waals surface area (Å²) in [4.78, 5) is 16.3. The van der Waals surface area contributed by atoms with Gasteiger partial charge in [0.2, 0.25) is 0 Å². The van der Waals surface area contributed by atoms with Crippen molar-refractivity contribution in [3.05, 3.63) is 24.0 Å². The number of pyridine rings is 1. The van der Waals surface area contributed by atoms with Crippen molar-refractivity contribution in [3.8, 4) is 0 Å². The molecule has 2 rings (SSSR count). The zero-order valence-electron chi connectivity index (χ0n) is 12.9. The second-order valence-corrected chi connectivity index (χ2v) is 5.78. The smallest absolute Gasteiger partial charge is 0.269 e. The van der Waals surface area contributed by atoms with E-state index < -0.39 is 0 Å². The number of rotatable bonds is 9. The Morgan fingerprint density at radius 3 is 2.81 bits per heavy atom. The van der Waals surface area contributed by atoms with Crippen LogP contribution in [0, 0.1) is 5.41 Å². The van der Waals surface area contributed by atoms with Crippen molar-refractivity contribution in [2.45, 2.75) is 32.6 Å². The van der Waals surface area contributed by atoms with E-state index in [1.165, 1.54) is 12.8 Å². The molecule has 0 saturated heterocycles. The number of methoxy groups -OCH3 is 1. The van der Waals surface area contributed by atoms with E-state index in [4.69, 9.17) is 4.74 Å². The van der Waals surface area contributed by atoms with Crippen LogP contribution in [0.15, 0.2) is 18.3 Å². The van der Waals surface area contributed by atoms with Gasteiger partial charge in [0.1, 0.15) is 5.69 Å². The van der Waals surface area contributed by atoms with Gasteiger partial charge in [-0.25, -0.2) is 4.98 Å². The van der Waals surface area contributed by atoms with Crippen molar-refractivity contribution in [1.29, 1.82) is 0 Å². The summed E-state index contributed by atoms with van der Waals surface area (Å²) in [6, 6.07) is 3.66. The molecule has 1 aromatic rings. The molecular formula is C16H25N3O2. The predicted molar refractivity (Wildman–Crippen MR) is 83.5 cm³/mol. The molecule has 0 bridgehead atoms. The molecule has 0 unspecified atom stereocenters. The molecule has 1 fully saturated rings. The van der Waals surface area contributed by atoms with Crippen molar-refractivity contribution in [3.63, 3.8) is 0 Å². The third kappa shape index (κ3) is 4.70. The Bertz CT molecular complexity index is 455. The lowest BCUT2D eigenvalue weighted by Gasteiger charge is -2.15. The van der Waals surface area contributed by atoms with E-state index in [-0.39, 0.29) is 11.3 Å². The topological polar surface area (TPSA) is 63.2 Å². The number of carbonyl (C=O) groups is 1. The Kier molecular flexibility index (Phi) is 5.56. The molecule has 1 aliphatic rings. The van der Waals surface area contributed by atoms with Gasteiger partial charge in [0.15, 0.2) is 0 Å². The molecule has 116 valence electrons. The maximum absolute atomic E-state index is 12.1. The van der Waals surface area contributed by atoms with Crippen LogP contribution >= 0.6 is 0 Å². The Morgan fingerprint density at radius 2 is 2.24 bits per heavy atom. The number of nitrogens with zero attached hydrogens (tertiary/aromatic N) is 1. The van der Waals surface area contributed by atoms with Gasteiger partial charge >= 0.3 is 0 Å². The molecule has 1 aliphatic carbocycles. The van der Waals surface area contributed by atoms with Gasteiger partial charge < -0.3 is 15.4 Å². The second-order valence-electron chi connectivity index (χ2n) is 5.78. The Labute approximate surface area is 126 Å². The first-order chi connectivity index (χ1) is 10.2. The molecule has 0 radical (unpaired) electrons. The molecule has 1 heterocycles. The largest absolute Gasteiger partial charge is 0.385 e. The van der Waals surface area contributed by atoms with E-state index in [0.717, 1.165) is 31.7 Å². The minimum atomic E-state index is -0.0965. The fourth-order valence-corrected chi connectivity index (χ4v) is 2.27. The van der Waals surface area contributed by atoms with Crippen LogP contribution in [0.25, 0.3) is 0 Å². The van der Waals surface area contributed by atoms with Gasteiger partial charge in [-0.15, -0.1) is 0 Å². The van der Waals surface area contributed by atoms with Crippen molar-refractivity contribution < 1.29 is 9.53 Å². The van der Waals surface area contributed by atoms with Crippen LogP contribution in [0.1, 0.15) is 43.1 Å². The predicted octanol–water partition coefficient (Wildman–Crippen LogP) is 2.45. The van der Waals surface area contributed by atoms with Crippen molar-refractivity contribution in [1.82, 2.24) is 10.3 Å². The zero-order chi connectivity index (χ0) is 15.1. The van der Waals surface area contributed by atoms with Crippen LogP contribution in [0.4, 0.5) is 5.69 Å². The molecule has 5 heteroatoms. The van der Waals surface area contributed by atoms with Gasteiger partial charge in [0, 0.05) is 26.8 Å². The highest BCUT2D eigenvalue weighted by atomic mass is 16.5. The number of anilines is 1. The van der Waals surface area contributed by atoms with Gasteiger partial charge in [-0.2, -0.15) is 0 Å². The third-order valence-electron chi connectivity index (χ3n) is 3.99. The molecule has 0 aliphatic heterocycles. The standard InChI is InChI=1S/C16H25N3O2/c1-3-9-17-13-4-5-14(18-11-13)15(20)19-12-16(6-7-16)8-10-21-2/h4-5,11,17H,3,6-10,12H2,1-2H3,(H,19,20). The van der Waals surface area contributed by atoms with Gasteiger partial charge in [-0.3, -0.25) is 4.79 Å². The number of carbonyl (C=O) groups excluding carboxylic acids is 1. The number of aromatic nitrogens is 1. The second kappa shape index (κ2) is 7.41. The van der Waals surface area contributed by atoms with Gasteiger partial charge in [-0.1, -0.05) is 6.92 Å². The maximum Gasteiger partial charge on any atom is 0.269 e. The first kappa shape index (κ1) is 15.8. The van der Waals surface area contributed by atoms with E-state index in [9.17, 15) is 4.79 Å². The number of hydrogen-bond donors (Lipinski definition) is 2. The SMILES string of the molecule is CCCNc1ccc(C(=O)NCC2(CCOC)CC2)nc1. The van der Waals surface area contributed by atoms with Crippen LogP contribution in [0.3, 0.4) is 0 Å². The summed E-state index contributed by atoms with van der Waals surface area (Å²) in [5, 5.41) is 6.24.